The molecule has 12 aromatic carbocycles. The Morgan fingerprint density at radius 2 is 0.616 bits per heavy atom. The van der Waals surface area contributed by atoms with Gasteiger partial charge in [-0.05, 0) is 93.7 Å². The summed E-state index contributed by atoms with van der Waals surface area (Å²) in [7, 11) is 0. The highest BCUT2D eigenvalue weighted by Crippen LogP contribution is 2.53. The zero-order valence-electron chi connectivity index (χ0n) is 39.4. The third-order valence-electron chi connectivity index (χ3n) is 14.6. The molecule has 5 heteroatoms. The first-order chi connectivity index (χ1) is 36.2. The monoisotopic (exact) mass is 950 g/mol. The van der Waals surface area contributed by atoms with Crippen molar-refractivity contribution in [3.63, 3.8) is 0 Å². The zero-order chi connectivity index (χ0) is 48.0. The minimum absolute atomic E-state index is 0.848. The van der Waals surface area contributed by atoms with E-state index in [4.69, 9.17) is 8.83 Å². The second-order valence-electron chi connectivity index (χ2n) is 18.7. The van der Waals surface area contributed by atoms with Crippen LogP contribution >= 0.6 is 11.3 Å². The van der Waals surface area contributed by atoms with Crippen molar-refractivity contribution in [2.45, 2.75) is 0 Å². The van der Waals surface area contributed by atoms with Gasteiger partial charge in [0.2, 0.25) is 0 Å². The molecule has 15 rings (SSSR count). The lowest BCUT2D eigenvalue weighted by atomic mass is 9.96. The fraction of sp³-hybridized carbons (Fsp3) is 0. The highest BCUT2D eigenvalue weighted by molar-refractivity contribution is 7.26. The summed E-state index contributed by atoms with van der Waals surface area (Å²) in [6.45, 7) is 0. The highest BCUT2D eigenvalue weighted by atomic mass is 32.1. The van der Waals surface area contributed by atoms with Gasteiger partial charge in [0.25, 0.3) is 0 Å². The first-order valence-electron chi connectivity index (χ1n) is 24.7. The van der Waals surface area contributed by atoms with Gasteiger partial charge in [-0.3, -0.25) is 0 Å². The van der Waals surface area contributed by atoms with Crippen LogP contribution in [0.1, 0.15) is 0 Å². The molecule has 0 radical (unpaired) electrons. The SMILES string of the molecule is c1ccc(-c2cccc(N(c3cc4sc5cc(N(c6cccc(-c7ccccc7)c6)c6cccc7c6oc6ccccc67)c6ccccc6c5c4c4ccccc34)c3cccc4c3oc3ccccc34)c2)cc1. The van der Waals surface area contributed by atoms with Crippen LogP contribution in [0.15, 0.2) is 264 Å². The summed E-state index contributed by atoms with van der Waals surface area (Å²) in [5.41, 5.74) is 14.2. The molecule has 0 unspecified atom stereocenters. The summed E-state index contributed by atoms with van der Waals surface area (Å²) in [5, 5.41) is 11.6. The molecule has 0 saturated carbocycles. The van der Waals surface area contributed by atoms with E-state index >= 15 is 0 Å². The lowest BCUT2D eigenvalue weighted by Crippen LogP contribution is -2.11. The van der Waals surface area contributed by atoms with Gasteiger partial charge in [0.15, 0.2) is 11.2 Å². The zero-order valence-corrected chi connectivity index (χ0v) is 40.2. The Labute approximate surface area is 424 Å². The molecular formula is C68H42N2O2S. The average molecular weight is 951 g/mol. The number of furan rings is 2. The van der Waals surface area contributed by atoms with E-state index in [0.717, 1.165) is 111 Å². The second-order valence-corrected chi connectivity index (χ2v) is 19.8. The molecule has 0 bridgehead atoms. The smallest absolute Gasteiger partial charge is 0.159 e. The van der Waals surface area contributed by atoms with Crippen molar-refractivity contribution in [3.05, 3.63) is 255 Å². The van der Waals surface area contributed by atoms with Crippen LogP contribution in [0.5, 0.6) is 0 Å². The first-order valence-corrected chi connectivity index (χ1v) is 25.5. The van der Waals surface area contributed by atoms with E-state index in [-0.39, 0.29) is 0 Å². The minimum atomic E-state index is 0.848. The molecule has 3 aromatic heterocycles. The van der Waals surface area contributed by atoms with Crippen molar-refractivity contribution in [3.8, 4) is 22.3 Å². The number of rotatable bonds is 8. The molecule has 0 amide bonds. The predicted octanol–water partition coefficient (Wildman–Crippen LogP) is 20.4. The number of fused-ring (bicyclic) bond motifs is 13. The molecule has 0 fully saturated rings. The Hall–Kier alpha value is -9.42. The van der Waals surface area contributed by atoms with Crippen LogP contribution < -0.4 is 9.80 Å². The van der Waals surface area contributed by atoms with Crippen molar-refractivity contribution in [1.29, 1.82) is 0 Å². The van der Waals surface area contributed by atoms with E-state index in [9.17, 15) is 0 Å². The molecule has 73 heavy (non-hydrogen) atoms. The number of hydrogen-bond acceptors (Lipinski definition) is 5. The molecule has 15 aromatic rings. The Morgan fingerprint density at radius 1 is 0.260 bits per heavy atom. The highest BCUT2D eigenvalue weighted by Gasteiger charge is 2.27. The average Bonchev–Trinajstić information content (AvgIpc) is 4.16. The Kier molecular flexibility index (Phi) is 9.41. The molecule has 4 nitrogen and oxygen atoms in total. The first kappa shape index (κ1) is 41.4. The molecule has 3 heterocycles. The van der Waals surface area contributed by atoms with E-state index in [0.29, 0.717) is 0 Å². The van der Waals surface area contributed by atoms with Crippen LogP contribution in [0, 0.1) is 0 Å². The maximum atomic E-state index is 6.85. The van der Waals surface area contributed by atoms with Crippen molar-refractivity contribution < 1.29 is 8.83 Å². The second kappa shape index (κ2) is 16.6. The van der Waals surface area contributed by atoms with Gasteiger partial charge in [-0.1, -0.05) is 194 Å². The summed E-state index contributed by atoms with van der Waals surface area (Å²) >= 11 is 1.85. The van der Waals surface area contributed by atoms with Gasteiger partial charge in [0.05, 0.1) is 22.7 Å². The molecule has 342 valence electrons. The van der Waals surface area contributed by atoms with Gasteiger partial charge in [-0.2, -0.15) is 0 Å². The van der Waals surface area contributed by atoms with Gasteiger partial charge in [0.1, 0.15) is 11.2 Å². The number of para-hydroxylation sites is 4. The predicted molar refractivity (Wildman–Crippen MR) is 309 cm³/mol. The molecule has 0 aliphatic rings. The summed E-state index contributed by atoms with van der Waals surface area (Å²) in [6, 6.07) is 91.6. The van der Waals surface area contributed by atoms with Gasteiger partial charge in [-0.15, -0.1) is 11.3 Å². The normalized spacial score (nSPS) is 11.8. The van der Waals surface area contributed by atoms with Crippen LogP contribution in [0.4, 0.5) is 34.1 Å². The maximum Gasteiger partial charge on any atom is 0.159 e. The molecule has 0 saturated heterocycles. The minimum Gasteiger partial charge on any atom is -0.454 e. The summed E-state index contributed by atoms with van der Waals surface area (Å²) in [5.74, 6) is 0. The third kappa shape index (κ3) is 6.60. The van der Waals surface area contributed by atoms with Gasteiger partial charge >= 0.3 is 0 Å². The quantitative estimate of drug-likeness (QED) is 0.152. The Balaban J connectivity index is 1.01. The Bertz CT molecular complexity index is 4350. The number of hydrogen-bond donors (Lipinski definition) is 0. The molecular weight excluding hydrogens is 909 g/mol. The van der Waals surface area contributed by atoms with Crippen LogP contribution in [-0.4, -0.2) is 0 Å². The lowest BCUT2D eigenvalue weighted by Gasteiger charge is -2.28. The van der Waals surface area contributed by atoms with E-state index in [2.05, 4.69) is 252 Å². The number of benzene rings is 12. The molecule has 0 spiro atoms. The molecule has 0 atom stereocenters. The van der Waals surface area contributed by atoms with Gasteiger partial charge in [0, 0.05) is 63.9 Å². The van der Waals surface area contributed by atoms with Gasteiger partial charge in [-0.25, -0.2) is 0 Å². The summed E-state index contributed by atoms with van der Waals surface area (Å²) < 4.78 is 16.1. The van der Waals surface area contributed by atoms with E-state index in [1.807, 2.05) is 23.5 Å². The van der Waals surface area contributed by atoms with Crippen LogP contribution in [0.3, 0.4) is 0 Å². The number of anilines is 6. The largest absolute Gasteiger partial charge is 0.454 e. The van der Waals surface area contributed by atoms with Crippen molar-refractivity contribution in [1.82, 2.24) is 0 Å². The van der Waals surface area contributed by atoms with Crippen molar-refractivity contribution in [2.24, 2.45) is 0 Å². The van der Waals surface area contributed by atoms with Crippen LogP contribution in [0.25, 0.3) is 108 Å². The standard InChI is InChI=1S/C68H42N2O2S/c1-3-19-43(20-4-1)45-23-15-25-47(39-45)69(57-35-17-33-55-51-29-11-13-37-61(51)71-67(55)57)59-41-63-65(53-31-9-7-27-49(53)59)66-54-32-10-8-28-50(54)60(42-64(66)73-63)70(48-26-16-24-46(40-48)44-21-5-2-6-22-44)58-36-18-34-56-52-30-12-14-38-62(52)72-68(56)58/h1-42H. The Morgan fingerprint density at radius 3 is 1.07 bits per heavy atom. The topological polar surface area (TPSA) is 32.8 Å². The van der Waals surface area contributed by atoms with Gasteiger partial charge < -0.3 is 18.6 Å². The van der Waals surface area contributed by atoms with Crippen molar-refractivity contribution >= 4 is 131 Å². The van der Waals surface area contributed by atoms with E-state index in [1.165, 1.54) is 30.9 Å². The fourth-order valence-corrected chi connectivity index (χ4v) is 12.6. The van der Waals surface area contributed by atoms with Crippen LogP contribution in [-0.2, 0) is 0 Å². The molecule has 0 aliphatic heterocycles. The maximum absolute atomic E-state index is 6.85. The van der Waals surface area contributed by atoms with Crippen molar-refractivity contribution in [2.75, 3.05) is 9.80 Å². The van der Waals surface area contributed by atoms with Crippen LogP contribution in [0.2, 0.25) is 0 Å². The lowest BCUT2D eigenvalue weighted by molar-refractivity contribution is 0.669. The fourth-order valence-electron chi connectivity index (χ4n) is 11.4. The third-order valence-corrected chi connectivity index (χ3v) is 15.7. The van der Waals surface area contributed by atoms with E-state index < -0.39 is 0 Å². The van der Waals surface area contributed by atoms with E-state index in [1.54, 1.807) is 0 Å². The molecule has 0 N–H and O–H groups in total. The number of thiophene rings is 1. The molecule has 0 aliphatic carbocycles. The summed E-state index contributed by atoms with van der Waals surface area (Å²) in [4.78, 5) is 4.84. The number of nitrogens with zero attached hydrogens (tertiary/aromatic N) is 2. The summed E-state index contributed by atoms with van der Waals surface area (Å²) in [6.07, 6.45) is 0.